The number of fused-ring (bicyclic) bond motifs is 1. The number of aryl methyl sites for hydroxylation is 1. The van der Waals surface area contributed by atoms with Crippen LogP contribution in [-0.2, 0) is 22.6 Å². The minimum atomic E-state index is -0.348. The third-order valence-electron chi connectivity index (χ3n) is 5.11. The molecule has 3 aromatic rings. The summed E-state index contributed by atoms with van der Waals surface area (Å²) in [6.07, 6.45) is 2.20. The van der Waals surface area contributed by atoms with Crippen LogP contribution < -0.4 is 5.32 Å². The summed E-state index contributed by atoms with van der Waals surface area (Å²) < 4.78 is 11.6. The molecule has 1 N–H and O–H groups in total. The maximum Gasteiger partial charge on any atom is 0.234 e. The summed E-state index contributed by atoms with van der Waals surface area (Å²) in [4.78, 5) is 17.3. The van der Waals surface area contributed by atoms with Crippen molar-refractivity contribution in [2.75, 3.05) is 11.1 Å². The van der Waals surface area contributed by atoms with E-state index in [4.69, 9.17) is 14.1 Å². The molecule has 0 bridgehead atoms. The Kier molecular flexibility index (Phi) is 5.86. The highest BCUT2D eigenvalue weighted by molar-refractivity contribution is 8.00. The first-order chi connectivity index (χ1) is 14.9. The van der Waals surface area contributed by atoms with Crippen molar-refractivity contribution < 1.29 is 13.9 Å². The molecule has 1 aliphatic heterocycles. The number of nitrogens with zero attached hydrogens (tertiary/aromatic N) is 2. The quantitative estimate of drug-likeness (QED) is 0.563. The van der Waals surface area contributed by atoms with Crippen LogP contribution in [0.4, 0.5) is 5.69 Å². The van der Waals surface area contributed by atoms with Gasteiger partial charge in [-0.15, -0.1) is 0 Å². The Labute approximate surface area is 185 Å². The summed E-state index contributed by atoms with van der Waals surface area (Å²) in [5.74, 6) is 0.594. The normalized spacial score (nSPS) is 14.5. The number of anilines is 1. The Morgan fingerprint density at radius 1 is 1.29 bits per heavy atom. The van der Waals surface area contributed by atoms with Crippen molar-refractivity contribution in [3.63, 3.8) is 0 Å². The number of hydrogen-bond acceptors (Lipinski definition) is 6. The molecule has 3 heterocycles. The molecule has 2 aromatic heterocycles. The molecule has 0 fully saturated rings. The summed E-state index contributed by atoms with van der Waals surface area (Å²) in [7, 11) is 0. The first kappa shape index (κ1) is 21.2. The smallest absolute Gasteiger partial charge is 0.234 e. The molecular weight excluding hydrogens is 410 g/mol. The summed E-state index contributed by atoms with van der Waals surface area (Å²) in [6.45, 7) is 6.39. The van der Waals surface area contributed by atoms with Crippen molar-refractivity contribution >= 4 is 23.4 Å². The Bertz CT molecular complexity index is 1150. The number of carbonyl (C=O) groups is 1. The molecule has 158 valence electrons. The number of nitrogens with one attached hydrogen (secondary N) is 1. The van der Waals surface area contributed by atoms with Crippen molar-refractivity contribution in [3.8, 4) is 17.4 Å². The van der Waals surface area contributed by atoms with E-state index in [0.29, 0.717) is 34.9 Å². The monoisotopic (exact) mass is 433 g/mol. The van der Waals surface area contributed by atoms with Crippen molar-refractivity contribution in [2.24, 2.45) is 0 Å². The summed E-state index contributed by atoms with van der Waals surface area (Å²) >= 11 is 1.26. The van der Waals surface area contributed by atoms with Gasteiger partial charge in [-0.2, -0.15) is 5.26 Å². The number of amides is 1. The van der Waals surface area contributed by atoms with Crippen LogP contribution in [0.3, 0.4) is 0 Å². The average Bonchev–Trinajstić information content (AvgIpc) is 3.26. The van der Waals surface area contributed by atoms with Gasteiger partial charge in [-0.1, -0.05) is 29.5 Å². The number of carbonyl (C=O) groups excluding carboxylic acids is 1. The maximum absolute atomic E-state index is 12.5. The molecular formula is C24H23N3O3S. The minimum Gasteiger partial charge on any atom is -0.464 e. The van der Waals surface area contributed by atoms with E-state index >= 15 is 0 Å². The zero-order valence-corrected chi connectivity index (χ0v) is 18.5. The molecule has 0 saturated heterocycles. The molecule has 0 aliphatic carbocycles. The van der Waals surface area contributed by atoms with E-state index in [-0.39, 0.29) is 17.3 Å². The number of ether oxygens (including phenoxy) is 1. The van der Waals surface area contributed by atoms with Crippen LogP contribution in [0.25, 0.3) is 11.3 Å². The van der Waals surface area contributed by atoms with Gasteiger partial charge in [0.1, 0.15) is 16.9 Å². The Hall–Kier alpha value is -3.08. The summed E-state index contributed by atoms with van der Waals surface area (Å²) in [5.41, 5.74) is 4.38. The van der Waals surface area contributed by atoms with Gasteiger partial charge in [0.25, 0.3) is 0 Å². The van der Waals surface area contributed by atoms with Crippen LogP contribution in [0.1, 0.15) is 36.2 Å². The van der Waals surface area contributed by atoms with Crippen LogP contribution in [0.5, 0.6) is 0 Å². The number of rotatable bonds is 5. The molecule has 7 heteroatoms. The maximum atomic E-state index is 12.5. The lowest BCUT2D eigenvalue weighted by Gasteiger charge is -2.32. The second-order valence-corrected chi connectivity index (χ2v) is 9.07. The van der Waals surface area contributed by atoms with Crippen LogP contribution in [-0.4, -0.2) is 22.2 Å². The van der Waals surface area contributed by atoms with E-state index < -0.39 is 0 Å². The highest BCUT2D eigenvalue weighted by Crippen LogP contribution is 2.39. The largest absolute Gasteiger partial charge is 0.464 e. The molecule has 0 radical (unpaired) electrons. The number of pyridine rings is 1. The molecule has 4 rings (SSSR count). The van der Waals surface area contributed by atoms with Crippen molar-refractivity contribution in [1.82, 2.24) is 4.98 Å². The van der Waals surface area contributed by atoms with Gasteiger partial charge in [0, 0.05) is 23.2 Å². The molecule has 1 aliphatic rings. The zero-order valence-electron chi connectivity index (χ0n) is 17.7. The molecule has 1 aromatic carbocycles. The number of aromatic nitrogens is 1. The van der Waals surface area contributed by atoms with E-state index in [1.165, 1.54) is 11.8 Å². The minimum absolute atomic E-state index is 0.145. The molecule has 1 amide bonds. The fourth-order valence-corrected chi connectivity index (χ4v) is 4.35. The number of furan rings is 1. The third kappa shape index (κ3) is 4.66. The van der Waals surface area contributed by atoms with Gasteiger partial charge in [0.2, 0.25) is 5.91 Å². The Morgan fingerprint density at radius 2 is 2.06 bits per heavy atom. The summed E-state index contributed by atoms with van der Waals surface area (Å²) in [5, 5.41) is 13.4. The third-order valence-corrected chi connectivity index (χ3v) is 6.08. The first-order valence-electron chi connectivity index (χ1n) is 9.99. The predicted molar refractivity (Wildman–Crippen MR) is 120 cm³/mol. The van der Waals surface area contributed by atoms with Gasteiger partial charge < -0.3 is 14.5 Å². The predicted octanol–water partition coefficient (Wildman–Crippen LogP) is 5.10. The van der Waals surface area contributed by atoms with E-state index in [0.717, 1.165) is 22.5 Å². The van der Waals surface area contributed by atoms with E-state index in [1.807, 2.05) is 51.1 Å². The standard InChI is InChI=1S/C24H23N3O3S/c1-15-6-8-16(9-7-15)26-21(28)14-31-23-17(12-25)22(20-5-4-10-29-20)18-13-30-24(2,3)11-19(18)27-23/h4-10H,11,13-14H2,1-3H3,(H,26,28). The van der Waals surface area contributed by atoms with Crippen molar-refractivity contribution in [3.05, 3.63) is 65.0 Å². The highest BCUT2D eigenvalue weighted by atomic mass is 32.2. The lowest BCUT2D eigenvalue weighted by molar-refractivity contribution is -0.113. The van der Waals surface area contributed by atoms with Gasteiger partial charge in [-0.05, 0) is 45.0 Å². The molecule has 0 saturated carbocycles. The van der Waals surface area contributed by atoms with Gasteiger partial charge in [-0.3, -0.25) is 4.79 Å². The molecule has 0 unspecified atom stereocenters. The first-order valence-corrected chi connectivity index (χ1v) is 11.0. The van der Waals surface area contributed by atoms with Gasteiger partial charge in [0.05, 0.1) is 35.5 Å². The average molecular weight is 434 g/mol. The van der Waals surface area contributed by atoms with Crippen LogP contribution >= 0.6 is 11.8 Å². The molecule has 0 atom stereocenters. The highest BCUT2D eigenvalue weighted by Gasteiger charge is 2.32. The number of benzene rings is 1. The van der Waals surface area contributed by atoms with Gasteiger partial charge in [0.15, 0.2) is 0 Å². The fraction of sp³-hybridized carbons (Fsp3) is 0.292. The molecule has 0 spiro atoms. The SMILES string of the molecule is Cc1ccc(NC(=O)CSc2nc3c(c(-c4ccco4)c2C#N)COC(C)(C)C3)cc1. The van der Waals surface area contributed by atoms with Crippen LogP contribution in [0.2, 0.25) is 0 Å². The van der Waals surface area contributed by atoms with Crippen LogP contribution in [0.15, 0.2) is 52.1 Å². The van der Waals surface area contributed by atoms with E-state index in [1.54, 1.807) is 12.3 Å². The lowest BCUT2D eigenvalue weighted by Crippen LogP contribution is -2.33. The number of hydrogen-bond donors (Lipinski definition) is 1. The zero-order chi connectivity index (χ0) is 22.0. The number of nitriles is 1. The van der Waals surface area contributed by atoms with E-state index in [9.17, 15) is 10.1 Å². The Balaban J connectivity index is 1.64. The fourth-order valence-electron chi connectivity index (χ4n) is 3.54. The van der Waals surface area contributed by atoms with Crippen molar-refractivity contribution in [1.29, 1.82) is 5.26 Å². The van der Waals surface area contributed by atoms with Crippen molar-refractivity contribution in [2.45, 2.75) is 44.4 Å². The molecule has 6 nitrogen and oxygen atoms in total. The second-order valence-electron chi connectivity index (χ2n) is 8.11. The summed E-state index contributed by atoms with van der Waals surface area (Å²) in [6, 6.07) is 13.5. The second kappa shape index (κ2) is 8.58. The topological polar surface area (TPSA) is 88.2 Å². The van der Waals surface area contributed by atoms with Crippen LogP contribution in [0, 0.1) is 18.3 Å². The number of thioether (sulfide) groups is 1. The van der Waals surface area contributed by atoms with E-state index in [2.05, 4.69) is 11.4 Å². The Morgan fingerprint density at radius 3 is 2.74 bits per heavy atom. The van der Waals surface area contributed by atoms with Gasteiger partial charge >= 0.3 is 0 Å². The van der Waals surface area contributed by atoms with Gasteiger partial charge in [-0.25, -0.2) is 4.98 Å². The molecule has 31 heavy (non-hydrogen) atoms. The lowest BCUT2D eigenvalue weighted by atomic mass is 9.91.